The van der Waals surface area contributed by atoms with E-state index < -0.39 is 0 Å². The fourth-order valence-corrected chi connectivity index (χ4v) is 2.33. The first-order valence-electron chi connectivity index (χ1n) is 6.00. The molecule has 2 heteroatoms. The lowest BCUT2D eigenvalue weighted by atomic mass is 9.73. The Hall–Kier alpha value is -1.54. The Kier molecular flexibility index (Phi) is 3.07. The molecule has 1 aromatic rings. The summed E-state index contributed by atoms with van der Waals surface area (Å²) in [6.07, 6.45) is 7.50. The number of anilines is 1. The lowest BCUT2D eigenvalue weighted by molar-refractivity contribution is 0.549. The molecule has 0 radical (unpaired) electrons. The second kappa shape index (κ2) is 4.38. The highest BCUT2D eigenvalue weighted by Gasteiger charge is 2.30. The van der Waals surface area contributed by atoms with Crippen molar-refractivity contribution in [2.75, 3.05) is 12.3 Å². The molecule has 0 bridgehead atoms. The predicted molar refractivity (Wildman–Crippen MR) is 73.8 cm³/mol. The molecule has 0 heterocycles. The number of rotatable bonds is 2. The first-order chi connectivity index (χ1) is 8.07. The third-order valence-electron chi connectivity index (χ3n) is 3.56. The lowest BCUT2D eigenvalue weighted by Crippen LogP contribution is -2.34. The van der Waals surface area contributed by atoms with E-state index in [1.54, 1.807) is 0 Å². The number of allylic oxidation sites excluding steroid dienone is 3. The summed E-state index contributed by atoms with van der Waals surface area (Å²) < 4.78 is 0. The van der Waals surface area contributed by atoms with Gasteiger partial charge in [-0.3, -0.25) is 0 Å². The van der Waals surface area contributed by atoms with Gasteiger partial charge in [-0.15, -0.1) is 0 Å². The third-order valence-corrected chi connectivity index (χ3v) is 3.56. The van der Waals surface area contributed by atoms with Crippen LogP contribution in [0.25, 0.3) is 0 Å². The summed E-state index contributed by atoms with van der Waals surface area (Å²) in [5, 5.41) is 0. The van der Waals surface area contributed by atoms with Crippen LogP contribution in [0, 0.1) is 6.92 Å². The van der Waals surface area contributed by atoms with E-state index in [1.807, 2.05) is 12.1 Å². The molecule has 1 atom stereocenters. The highest BCUT2D eigenvalue weighted by molar-refractivity contribution is 5.56. The zero-order valence-electron chi connectivity index (χ0n) is 10.5. The summed E-state index contributed by atoms with van der Waals surface area (Å²) in [7, 11) is 0. The minimum atomic E-state index is -0.129. The zero-order chi connectivity index (χ0) is 12.5. The minimum absolute atomic E-state index is 0.129. The van der Waals surface area contributed by atoms with E-state index in [2.05, 4.69) is 38.1 Å². The van der Waals surface area contributed by atoms with Gasteiger partial charge in [0.1, 0.15) is 0 Å². The van der Waals surface area contributed by atoms with Crippen molar-refractivity contribution >= 4 is 5.69 Å². The van der Waals surface area contributed by atoms with E-state index in [9.17, 15) is 0 Å². The van der Waals surface area contributed by atoms with Gasteiger partial charge in [0.2, 0.25) is 0 Å². The third kappa shape index (κ3) is 2.13. The molecule has 1 aliphatic carbocycles. The number of hydrogen-bond donors (Lipinski definition) is 2. The molecule has 17 heavy (non-hydrogen) atoms. The summed E-state index contributed by atoms with van der Waals surface area (Å²) in [6, 6.07) is 6.17. The van der Waals surface area contributed by atoms with Crippen LogP contribution >= 0.6 is 0 Å². The van der Waals surface area contributed by atoms with Crippen LogP contribution in [0.2, 0.25) is 0 Å². The van der Waals surface area contributed by atoms with Gasteiger partial charge in [-0.25, -0.2) is 0 Å². The first kappa shape index (κ1) is 11.9. The molecule has 0 aliphatic heterocycles. The smallest absolute Gasteiger partial charge is 0.0356 e. The predicted octanol–water partition coefficient (Wildman–Crippen LogP) is 2.68. The van der Waals surface area contributed by atoms with Crippen LogP contribution in [0.15, 0.2) is 42.0 Å². The molecule has 0 spiro atoms. The van der Waals surface area contributed by atoms with Gasteiger partial charge in [-0.2, -0.15) is 0 Å². The van der Waals surface area contributed by atoms with Crippen molar-refractivity contribution in [1.82, 2.24) is 0 Å². The van der Waals surface area contributed by atoms with Gasteiger partial charge < -0.3 is 11.5 Å². The van der Waals surface area contributed by atoms with Gasteiger partial charge in [-0.05, 0) is 31.9 Å². The quantitative estimate of drug-likeness (QED) is 0.765. The normalized spacial score (nSPS) is 23.6. The summed E-state index contributed by atoms with van der Waals surface area (Å²) in [5.74, 6) is 0. The Morgan fingerprint density at radius 1 is 1.29 bits per heavy atom. The average Bonchev–Trinajstić information content (AvgIpc) is 2.34. The van der Waals surface area contributed by atoms with Crippen LogP contribution in [0.4, 0.5) is 5.69 Å². The fourth-order valence-electron chi connectivity index (χ4n) is 2.33. The van der Waals surface area contributed by atoms with Crippen molar-refractivity contribution in [2.45, 2.75) is 25.7 Å². The maximum atomic E-state index is 6.11. The first-order valence-corrected chi connectivity index (χ1v) is 6.00. The molecule has 1 unspecified atom stereocenters. The Balaban J connectivity index is 2.49. The largest absolute Gasteiger partial charge is 0.398 e. The van der Waals surface area contributed by atoms with Crippen molar-refractivity contribution < 1.29 is 0 Å². The number of nitrogen functional groups attached to an aromatic ring is 1. The van der Waals surface area contributed by atoms with E-state index in [0.29, 0.717) is 6.54 Å². The molecule has 1 aliphatic rings. The van der Waals surface area contributed by atoms with E-state index in [-0.39, 0.29) is 5.41 Å². The standard InChI is InChI=1S/C15H20N2/c1-11-5-7-15(10-16,8-6-11)13-9-12(2)3-4-14(13)17/h3-7,9H,8,10,16-17H2,1-2H3. The highest BCUT2D eigenvalue weighted by atomic mass is 14.6. The van der Waals surface area contributed by atoms with Crippen molar-refractivity contribution in [3.63, 3.8) is 0 Å². The number of aryl methyl sites for hydroxylation is 1. The summed E-state index contributed by atoms with van der Waals surface area (Å²) in [6.45, 7) is 4.78. The Bertz CT molecular complexity index is 486. The molecule has 0 saturated carbocycles. The summed E-state index contributed by atoms with van der Waals surface area (Å²) in [4.78, 5) is 0. The summed E-state index contributed by atoms with van der Waals surface area (Å²) in [5.41, 5.74) is 16.5. The van der Waals surface area contributed by atoms with Crippen molar-refractivity contribution in [3.8, 4) is 0 Å². The molecule has 0 saturated heterocycles. The molecule has 0 aromatic heterocycles. The highest BCUT2D eigenvalue weighted by Crippen LogP contribution is 2.36. The molecule has 2 rings (SSSR count). The lowest BCUT2D eigenvalue weighted by Gasteiger charge is -2.32. The van der Waals surface area contributed by atoms with E-state index in [0.717, 1.165) is 17.7 Å². The molecule has 0 fully saturated rings. The fraction of sp³-hybridized carbons (Fsp3) is 0.333. The van der Waals surface area contributed by atoms with Crippen LogP contribution < -0.4 is 11.5 Å². The Labute approximate surface area is 103 Å². The SMILES string of the molecule is CC1=CCC(CN)(c2cc(C)ccc2N)C=C1. The average molecular weight is 228 g/mol. The molecular weight excluding hydrogens is 208 g/mol. The number of nitrogens with two attached hydrogens (primary N) is 2. The van der Waals surface area contributed by atoms with Gasteiger partial charge >= 0.3 is 0 Å². The maximum Gasteiger partial charge on any atom is 0.0356 e. The van der Waals surface area contributed by atoms with E-state index in [1.165, 1.54) is 11.1 Å². The second-order valence-electron chi connectivity index (χ2n) is 4.94. The van der Waals surface area contributed by atoms with Crippen LogP contribution in [0.5, 0.6) is 0 Å². The maximum absolute atomic E-state index is 6.11. The summed E-state index contributed by atoms with van der Waals surface area (Å²) >= 11 is 0. The molecule has 1 aromatic carbocycles. The molecule has 2 nitrogen and oxygen atoms in total. The van der Waals surface area contributed by atoms with Gasteiger partial charge in [0.25, 0.3) is 0 Å². The van der Waals surface area contributed by atoms with Crippen LogP contribution in [-0.2, 0) is 5.41 Å². The molecular formula is C15H20N2. The van der Waals surface area contributed by atoms with Crippen LogP contribution in [0.3, 0.4) is 0 Å². The number of benzene rings is 1. The molecule has 0 amide bonds. The van der Waals surface area contributed by atoms with Gasteiger partial charge in [0.15, 0.2) is 0 Å². The van der Waals surface area contributed by atoms with E-state index in [4.69, 9.17) is 11.5 Å². The van der Waals surface area contributed by atoms with Gasteiger partial charge in [-0.1, -0.05) is 41.5 Å². The topological polar surface area (TPSA) is 52.0 Å². The van der Waals surface area contributed by atoms with Crippen molar-refractivity contribution in [2.24, 2.45) is 5.73 Å². The van der Waals surface area contributed by atoms with Crippen molar-refractivity contribution in [3.05, 3.63) is 53.1 Å². The Morgan fingerprint density at radius 3 is 2.65 bits per heavy atom. The minimum Gasteiger partial charge on any atom is -0.398 e. The Morgan fingerprint density at radius 2 is 2.06 bits per heavy atom. The van der Waals surface area contributed by atoms with Crippen LogP contribution in [0.1, 0.15) is 24.5 Å². The zero-order valence-corrected chi connectivity index (χ0v) is 10.5. The van der Waals surface area contributed by atoms with Crippen LogP contribution in [-0.4, -0.2) is 6.54 Å². The second-order valence-corrected chi connectivity index (χ2v) is 4.94. The monoisotopic (exact) mass is 228 g/mol. The number of hydrogen-bond acceptors (Lipinski definition) is 2. The van der Waals surface area contributed by atoms with E-state index >= 15 is 0 Å². The van der Waals surface area contributed by atoms with Crippen molar-refractivity contribution in [1.29, 1.82) is 0 Å². The van der Waals surface area contributed by atoms with Gasteiger partial charge in [0, 0.05) is 17.6 Å². The van der Waals surface area contributed by atoms with Gasteiger partial charge in [0.05, 0.1) is 0 Å². The molecule has 90 valence electrons. The molecule has 4 N–H and O–H groups in total.